The zero-order valence-corrected chi connectivity index (χ0v) is 22.7. The van der Waals surface area contributed by atoms with E-state index in [0.717, 1.165) is 11.8 Å². The van der Waals surface area contributed by atoms with Crippen LogP contribution in [0.15, 0.2) is 35.7 Å². The molecule has 0 radical (unpaired) electrons. The van der Waals surface area contributed by atoms with E-state index in [2.05, 4.69) is 19.5 Å². The number of nitrogen functional groups attached to an aromatic ring is 1. The first kappa shape index (κ1) is 30.1. The molecular formula is C22H28N5O11PS. The Balaban J connectivity index is 1.45. The van der Waals surface area contributed by atoms with Crippen molar-refractivity contribution >= 4 is 42.5 Å². The number of phosphoric ester groups is 1. The molecule has 1 fully saturated rings. The van der Waals surface area contributed by atoms with Crippen LogP contribution in [0.5, 0.6) is 5.75 Å². The number of ether oxygens (including phenoxy) is 3. The molecule has 0 aliphatic carbocycles. The van der Waals surface area contributed by atoms with Gasteiger partial charge in [0.15, 0.2) is 28.4 Å². The summed E-state index contributed by atoms with van der Waals surface area (Å²) in [4.78, 5) is 42.2. The maximum Gasteiger partial charge on any atom is 0.469 e. The van der Waals surface area contributed by atoms with Gasteiger partial charge in [0, 0.05) is 5.75 Å². The second-order valence-corrected chi connectivity index (χ2v) is 10.8. The molecule has 3 heterocycles. The van der Waals surface area contributed by atoms with E-state index in [1.165, 1.54) is 10.9 Å². The number of rotatable bonds is 12. The smallest absolute Gasteiger partial charge is 0.469 e. The third-order valence-electron chi connectivity index (χ3n) is 5.68. The number of esters is 1. The number of carbonyl (C=O) groups is 1. The van der Waals surface area contributed by atoms with Crippen LogP contribution in [0.1, 0.15) is 23.5 Å². The molecule has 1 aliphatic heterocycles. The van der Waals surface area contributed by atoms with Crippen molar-refractivity contribution in [3.8, 4) is 5.75 Å². The zero-order chi connectivity index (χ0) is 29.0. The molecule has 0 spiro atoms. The number of nitrogens with zero attached hydrogens (tertiary/aromatic N) is 4. The first-order valence-corrected chi connectivity index (χ1v) is 14.4. The number of carbonyl (C=O) groups excluding carboxylic acids is 1. The highest BCUT2D eigenvalue weighted by atomic mass is 32.2. The molecule has 1 unspecified atom stereocenters. The number of nitrogens with two attached hydrogens (primary N) is 1. The first-order chi connectivity index (χ1) is 19.0. The summed E-state index contributed by atoms with van der Waals surface area (Å²) in [6, 6.07) is 6.23. The SMILES string of the molecule is CCOC(=O)c1ccc(OCC(O)CSc2nc3c(N)ncnc3n2[C@@H]2O[C@H](COP(=O)(O)O)[C@@H](O)[C@H]2O)cc1. The van der Waals surface area contributed by atoms with Gasteiger partial charge in [-0.2, -0.15) is 0 Å². The lowest BCUT2D eigenvalue weighted by Crippen LogP contribution is -2.33. The monoisotopic (exact) mass is 601 g/mol. The number of hydrogen-bond donors (Lipinski definition) is 6. The summed E-state index contributed by atoms with van der Waals surface area (Å²) in [6.07, 6.45) is -5.49. The molecule has 218 valence electrons. The van der Waals surface area contributed by atoms with E-state index in [9.17, 15) is 24.7 Å². The molecular weight excluding hydrogens is 573 g/mol. The van der Waals surface area contributed by atoms with Gasteiger partial charge in [-0.25, -0.2) is 24.3 Å². The first-order valence-electron chi connectivity index (χ1n) is 11.9. The fourth-order valence-corrected chi connectivity index (χ4v) is 5.07. The van der Waals surface area contributed by atoms with Crippen molar-refractivity contribution in [3.05, 3.63) is 36.2 Å². The largest absolute Gasteiger partial charge is 0.491 e. The van der Waals surface area contributed by atoms with Crippen molar-refractivity contribution in [2.75, 3.05) is 31.3 Å². The van der Waals surface area contributed by atoms with Crippen LogP contribution in [-0.2, 0) is 18.6 Å². The summed E-state index contributed by atoms with van der Waals surface area (Å²) >= 11 is 1.05. The Morgan fingerprint density at radius 2 is 1.95 bits per heavy atom. The molecule has 1 saturated heterocycles. The molecule has 0 bridgehead atoms. The molecule has 18 heteroatoms. The summed E-state index contributed by atoms with van der Waals surface area (Å²) < 4.78 is 33.1. The van der Waals surface area contributed by atoms with Gasteiger partial charge >= 0.3 is 13.8 Å². The number of fused-ring (bicyclic) bond motifs is 1. The lowest BCUT2D eigenvalue weighted by Gasteiger charge is -2.19. The number of benzene rings is 1. The minimum atomic E-state index is -4.85. The summed E-state index contributed by atoms with van der Waals surface area (Å²) in [6.45, 7) is 1.17. The zero-order valence-electron chi connectivity index (χ0n) is 21.0. The normalized spacial score (nSPS) is 21.9. The number of aliphatic hydroxyl groups is 3. The van der Waals surface area contributed by atoms with Crippen molar-refractivity contribution < 1.29 is 53.2 Å². The summed E-state index contributed by atoms with van der Waals surface area (Å²) in [5.41, 5.74) is 6.65. The average Bonchev–Trinajstić information content (AvgIpc) is 3.42. The third-order valence-corrected chi connectivity index (χ3v) is 7.27. The number of imidazole rings is 1. The molecule has 0 amide bonds. The van der Waals surface area contributed by atoms with Gasteiger partial charge in [-0.3, -0.25) is 9.09 Å². The second kappa shape index (κ2) is 12.8. The maximum atomic E-state index is 11.8. The van der Waals surface area contributed by atoms with E-state index in [1.54, 1.807) is 31.2 Å². The molecule has 0 saturated carbocycles. The van der Waals surface area contributed by atoms with Crippen molar-refractivity contribution in [1.82, 2.24) is 19.5 Å². The second-order valence-electron chi connectivity index (χ2n) is 8.55. The fourth-order valence-electron chi connectivity index (χ4n) is 3.80. The van der Waals surface area contributed by atoms with Gasteiger partial charge in [-0.05, 0) is 31.2 Å². The van der Waals surface area contributed by atoms with Gasteiger partial charge in [0.1, 0.15) is 37.0 Å². The number of aliphatic hydroxyl groups excluding tert-OH is 3. The minimum absolute atomic E-state index is 0.0372. The molecule has 1 aliphatic rings. The molecule has 7 N–H and O–H groups in total. The van der Waals surface area contributed by atoms with Crippen LogP contribution < -0.4 is 10.5 Å². The Morgan fingerprint density at radius 1 is 1.23 bits per heavy atom. The van der Waals surface area contributed by atoms with Crippen molar-refractivity contribution in [3.63, 3.8) is 0 Å². The molecule has 40 heavy (non-hydrogen) atoms. The highest BCUT2D eigenvalue weighted by Gasteiger charge is 2.46. The predicted molar refractivity (Wildman–Crippen MR) is 138 cm³/mol. The average molecular weight is 602 g/mol. The van der Waals surface area contributed by atoms with Gasteiger partial charge in [-0.15, -0.1) is 0 Å². The highest BCUT2D eigenvalue weighted by Crippen LogP contribution is 2.40. The third kappa shape index (κ3) is 7.06. The van der Waals surface area contributed by atoms with Gasteiger partial charge in [-0.1, -0.05) is 11.8 Å². The van der Waals surface area contributed by atoms with E-state index in [1.807, 2.05) is 0 Å². The molecule has 2 aromatic heterocycles. The van der Waals surface area contributed by atoms with E-state index < -0.39 is 51.0 Å². The lowest BCUT2D eigenvalue weighted by atomic mass is 10.1. The van der Waals surface area contributed by atoms with Crippen molar-refractivity contribution in [2.24, 2.45) is 0 Å². The van der Waals surface area contributed by atoms with Gasteiger partial charge in [0.25, 0.3) is 0 Å². The number of anilines is 1. The Hall–Kier alpha value is -2.86. The van der Waals surface area contributed by atoms with Gasteiger partial charge in [0.05, 0.1) is 24.9 Å². The standard InChI is InChI=1S/C22H28N5O11PS/c1-2-35-21(31)11-3-5-13(6-4-11)36-7-12(28)9-40-22-26-15-18(23)24-10-25-19(15)27(22)20-17(30)16(29)14(38-20)8-37-39(32,33)34/h3-6,10,12,14,16-17,20,28-30H,2,7-9H2,1H3,(H2,23,24,25)(H2,32,33,34)/t12?,14-,16-,17-,20-/m1/s1. The molecule has 1 aromatic carbocycles. The summed E-state index contributed by atoms with van der Waals surface area (Å²) in [5, 5.41) is 31.9. The summed E-state index contributed by atoms with van der Waals surface area (Å²) in [5.74, 6) is 0.0685. The van der Waals surface area contributed by atoms with Crippen molar-refractivity contribution in [2.45, 2.75) is 42.7 Å². The summed E-state index contributed by atoms with van der Waals surface area (Å²) in [7, 11) is -4.85. The molecule has 16 nitrogen and oxygen atoms in total. The van der Waals surface area contributed by atoms with E-state index in [-0.39, 0.29) is 41.1 Å². The molecule has 4 rings (SSSR count). The van der Waals surface area contributed by atoms with E-state index >= 15 is 0 Å². The Morgan fingerprint density at radius 3 is 2.62 bits per heavy atom. The van der Waals surface area contributed by atoms with Gasteiger partial charge < -0.3 is 45.1 Å². The Bertz CT molecular complexity index is 1370. The maximum absolute atomic E-state index is 11.8. The van der Waals surface area contributed by atoms with Crippen LogP contribution in [0.25, 0.3) is 11.2 Å². The minimum Gasteiger partial charge on any atom is -0.491 e. The predicted octanol–water partition coefficient (Wildman–Crippen LogP) is -0.154. The quantitative estimate of drug-likeness (QED) is 0.0898. The van der Waals surface area contributed by atoms with Crippen LogP contribution in [0.2, 0.25) is 0 Å². The number of thioether (sulfide) groups is 1. The van der Waals surface area contributed by atoms with Crippen LogP contribution in [-0.4, -0.2) is 101 Å². The van der Waals surface area contributed by atoms with Crippen molar-refractivity contribution in [1.29, 1.82) is 0 Å². The van der Waals surface area contributed by atoms with E-state index in [4.69, 9.17) is 29.7 Å². The fraction of sp³-hybridized carbons (Fsp3) is 0.455. The Kier molecular flexibility index (Phi) is 9.60. The van der Waals surface area contributed by atoms with Crippen LogP contribution >= 0.6 is 19.6 Å². The number of hydrogen-bond acceptors (Lipinski definition) is 14. The topological polar surface area (TPSA) is 242 Å². The highest BCUT2D eigenvalue weighted by molar-refractivity contribution is 7.99. The van der Waals surface area contributed by atoms with Crippen LogP contribution in [0.3, 0.4) is 0 Å². The van der Waals surface area contributed by atoms with Crippen LogP contribution in [0, 0.1) is 0 Å². The lowest BCUT2D eigenvalue weighted by molar-refractivity contribution is -0.0541. The number of aromatic nitrogens is 4. The van der Waals surface area contributed by atoms with Gasteiger partial charge in [0.2, 0.25) is 0 Å². The Labute approximate surface area is 231 Å². The van der Waals surface area contributed by atoms with Crippen LogP contribution in [0.4, 0.5) is 5.82 Å². The van der Waals surface area contributed by atoms with E-state index in [0.29, 0.717) is 11.3 Å². The molecule has 5 atom stereocenters. The molecule has 3 aromatic rings. The number of phosphoric acid groups is 1.